The molecule has 120 valence electrons. The minimum Gasteiger partial charge on any atom is -0.467 e. The molecular formula is C13H14F3N3O3. The van der Waals surface area contributed by atoms with Crippen LogP contribution >= 0.6 is 0 Å². The van der Waals surface area contributed by atoms with E-state index < -0.39 is 29.4 Å². The SMILES string of the molecule is CCn1ncc(C(=O)NCC(O)c2ccco2)c1C(F)(F)F. The summed E-state index contributed by atoms with van der Waals surface area (Å²) in [4.78, 5) is 11.9. The molecule has 0 saturated heterocycles. The molecule has 2 aromatic heterocycles. The molecule has 2 aromatic rings. The summed E-state index contributed by atoms with van der Waals surface area (Å²) in [7, 11) is 0. The number of aryl methyl sites for hydroxylation is 1. The number of nitrogens with one attached hydrogen (secondary N) is 1. The van der Waals surface area contributed by atoms with E-state index in [1.807, 2.05) is 0 Å². The molecule has 0 saturated carbocycles. The van der Waals surface area contributed by atoms with E-state index in [1.165, 1.54) is 19.3 Å². The van der Waals surface area contributed by atoms with E-state index in [4.69, 9.17) is 4.42 Å². The maximum absolute atomic E-state index is 13.0. The highest BCUT2D eigenvalue weighted by Gasteiger charge is 2.39. The van der Waals surface area contributed by atoms with Crippen molar-refractivity contribution in [1.82, 2.24) is 15.1 Å². The van der Waals surface area contributed by atoms with Crippen molar-refractivity contribution in [3.8, 4) is 0 Å². The van der Waals surface area contributed by atoms with Crippen LogP contribution in [0, 0.1) is 0 Å². The lowest BCUT2D eigenvalue weighted by molar-refractivity contribution is -0.144. The first-order valence-corrected chi connectivity index (χ1v) is 6.47. The first-order valence-electron chi connectivity index (χ1n) is 6.47. The molecule has 1 unspecified atom stereocenters. The highest BCUT2D eigenvalue weighted by atomic mass is 19.4. The monoisotopic (exact) mass is 317 g/mol. The van der Waals surface area contributed by atoms with Gasteiger partial charge in [-0.1, -0.05) is 0 Å². The molecule has 2 rings (SSSR count). The van der Waals surface area contributed by atoms with E-state index >= 15 is 0 Å². The lowest BCUT2D eigenvalue weighted by atomic mass is 10.2. The van der Waals surface area contributed by atoms with Crippen LogP contribution in [0.1, 0.15) is 34.8 Å². The molecule has 6 nitrogen and oxygen atoms in total. The van der Waals surface area contributed by atoms with E-state index in [-0.39, 0.29) is 18.8 Å². The maximum Gasteiger partial charge on any atom is 0.433 e. The first-order chi connectivity index (χ1) is 10.3. The van der Waals surface area contributed by atoms with Gasteiger partial charge in [0, 0.05) is 6.54 Å². The van der Waals surface area contributed by atoms with Gasteiger partial charge >= 0.3 is 6.18 Å². The van der Waals surface area contributed by atoms with Crippen LogP contribution in [0.25, 0.3) is 0 Å². The first kappa shape index (κ1) is 16.1. The number of rotatable bonds is 5. The third kappa shape index (κ3) is 3.30. The number of alkyl halides is 3. The molecule has 0 fully saturated rings. The molecule has 1 amide bonds. The van der Waals surface area contributed by atoms with Gasteiger partial charge in [-0.15, -0.1) is 0 Å². The Balaban J connectivity index is 2.12. The average molecular weight is 317 g/mol. The van der Waals surface area contributed by atoms with E-state index in [1.54, 1.807) is 6.07 Å². The van der Waals surface area contributed by atoms with Crippen LogP contribution in [0.15, 0.2) is 29.0 Å². The molecule has 0 radical (unpaired) electrons. The van der Waals surface area contributed by atoms with E-state index in [2.05, 4.69) is 10.4 Å². The van der Waals surface area contributed by atoms with Gasteiger partial charge in [-0.05, 0) is 19.1 Å². The van der Waals surface area contributed by atoms with Crippen molar-refractivity contribution in [2.75, 3.05) is 6.54 Å². The number of nitrogens with zero attached hydrogens (tertiary/aromatic N) is 2. The Bertz CT molecular complexity index is 635. The third-order valence-corrected chi connectivity index (χ3v) is 2.98. The van der Waals surface area contributed by atoms with Gasteiger partial charge in [-0.3, -0.25) is 9.48 Å². The summed E-state index contributed by atoms with van der Waals surface area (Å²) in [6.07, 6.45) is -3.64. The number of carbonyl (C=O) groups excluding carboxylic acids is 1. The number of furan rings is 1. The van der Waals surface area contributed by atoms with E-state index in [9.17, 15) is 23.1 Å². The normalized spacial score (nSPS) is 13.1. The smallest absolute Gasteiger partial charge is 0.433 e. The molecule has 22 heavy (non-hydrogen) atoms. The quantitative estimate of drug-likeness (QED) is 0.883. The molecule has 2 heterocycles. The standard InChI is InChI=1S/C13H14F3N3O3/c1-2-19-11(13(14,15)16)8(6-18-19)12(21)17-7-9(20)10-4-3-5-22-10/h3-6,9,20H,2,7H2,1H3,(H,17,21). The van der Waals surface area contributed by atoms with Crippen molar-refractivity contribution in [2.45, 2.75) is 25.7 Å². The molecule has 0 bridgehead atoms. The van der Waals surface area contributed by atoms with Crippen molar-refractivity contribution >= 4 is 5.91 Å². The summed E-state index contributed by atoms with van der Waals surface area (Å²) in [5, 5.41) is 15.5. The van der Waals surface area contributed by atoms with E-state index in [0.717, 1.165) is 6.20 Å². The Labute approximate surface area is 123 Å². The Morgan fingerprint density at radius 1 is 1.55 bits per heavy atom. The Hall–Kier alpha value is -2.29. The van der Waals surface area contributed by atoms with Gasteiger partial charge in [0.25, 0.3) is 5.91 Å². The molecule has 0 aliphatic carbocycles. The van der Waals surface area contributed by atoms with Crippen LogP contribution in [-0.2, 0) is 12.7 Å². The summed E-state index contributed by atoms with van der Waals surface area (Å²) in [5.41, 5.74) is -1.69. The largest absolute Gasteiger partial charge is 0.467 e. The highest BCUT2D eigenvalue weighted by Crippen LogP contribution is 2.32. The molecule has 0 aliphatic heterocycles. The maximum atomic E-state index is 13.0. The topological polar surface area (TPSA) is 80.3 Å². The van der Waals surface area contributed by atoms with E-state index in [0.29, 0.717) is 4.68 Å². The second kappa shape index (κ2) is 6.22. The fourth-order valence-electron chi connectivity index (χ4n) is 1.96. The molecule has 0 spiro atoms. The van der Waals surface area contributed by atoms with Crippen LogP contribution in [0.2, 0.25) is 0 Å². The van der Waals surface area contributed by atoms with Crippen molar-refractivity contribution in [1.29, 1.82) is 0 Å². The fraction of sp³-hybridized carbons (Fsp3) is 0.385. The predicted octanol–water partition coefficient (Wildman–Crippen LogP) is 1.98. The molecular weight excluding hydrogens is 303 g/mol. The van der Waals surface area contributed by atoms with Crippen molar-refractivity contribution in [2.24, 2.45) is 0 Å². The predicted molar refractivity (Wildman–Crippen MR) is 68.9 cm³/mol. The van der Waals surface area contributed by atoms with Crippen LogP contribution in [0.4, 0.5) is 13.2 Å². The number of halogens is 3. The molecule has 2 N–H and O–H groups in total. The molecule has 0 aliphatic rings. The molecule has 9 heteroatoms. The molecule has 0 aromatic carbocycles. The molecule has 1 atom stereocenters. The number of aromatic nitrogens is 2. The minimum absolute atomic E-state index is 0.0167. The Morgan fingerprint density at radius 3 is 2.82 bits per heavy atom. The minimum atomic E-state index is -4.70. The highest BCUT2D eigenvalue weighted by molar-refractivity contribution is 5.95. The van der Waals surface area contributed by atoms with Gasteiger partial charge in [-0.2, -0.15) is 18.3 Å². The number of aliphatic hydroxyl groups is 1. The second-order valence-electron chi connectivity index (χ2n) is 4.46. The lowest BCUT2D eigenvalue weighted by Crippen LogP contribution is -2.30. The lowest BCUT2D eigenvalue weighted by Gasteiger charge is -2.12. The van der Waals surface area contributed by atoms with Gasteiger partial charge in [0.2, 0.25) is 0 Å². The Kier molecular flexibility index (Phi) is 4.55. The van der Waals surface area contributed by atoms with Crippen LogP contribution < -0.4 is 5.32 Å². The van der Waals surface area contributed by atoms with Crippen LogP contribution in [-0.4, -0.2) is 27.3 Å². The zero-order valence-corrected chi connectivity index (χ0v) is 11.6. The number of aliphatic hydroxyl groups excluding tert-OH is 1. The number of hydrogen-bond acceptors (Lipinski definition) is 4. The average Bonchev–Trinajstić information content (AvgIpc) is 3.11. The van der Waals surface area contributed by atoms with Gasteiger partial charge in [0.05, 0.1) is 24.6 Å². The summed E-state index contributed by atoms with van der Waals surface area (Å²) >= 11 is 0. The number of carbonyl (C=O) groups is 1. The summed E-state index contributed by atoms with van der Waals surface area (Å²) < 4.78 is 44.7. The fourth-order valence-corrected chi connectivity index (χ4v) is 1.96. The zero-order chi connectivity index (χ0) is 16.3. The second-order valence-corrected chi connectivity index (χ2v) is 4.46. The summed E-state index contributed by atoms with van der Waals surface area (Å²) in [5.74, 6) is -0.752. The van der Waals surface area contributed by atoms with Gasteiger partial charge in [0.15, 0.2) is 5.69 Å². The summed E-state index contributed by atoms with van der Waals surface area (Å²) in [6.45, 7) is 1.20. The summed E-state index contributed by atoms with van der Waals surface area (Å²) in [6, 6.07) is 3.04. The van der Waals surface area contributed by atoms with Crippen molar-refractivity contribution in [3.05, 3.63) is 41.6 Å². The van der Waals surface area contributed by atoms with Gasteiger partial charge < -0.3 is 14.8 Å². The van der Waals surface area contributed by atoms with Gasteiger partial charge in [0.1, 0.15) is 11.9 Å². The number of hydrogen-bond donors (Lipinski definition) is 2. The van der Waals surface area contributed by atoms with Crippen LogP contribution in [0.5, 0.6) is 0 Å². The van der Waals surface area contributed by atoms with Crippen LogP contribution in [0.3, 0.4) is 0 Å². The van der Waals surface area contributed by atoms with Crippen molar-refractivity contribution < 1.29 is 27.5 Å². The third-order valence-electron chi connectivity index (χ3n) is 2.98. The Morgan fingerprint density at radius 2 is 2.27 bits per heavy atom. The zero-order valence-electron chi connectivity index (χ0n) is 11.6. The number of amides is 1. The van der Waals surface area contributed by atoms with Gasteiger partial charge in [-0.25, -0.2) is 0 Å². The van der Waals surface area contributed by atoms with Crippen molar-refractivity contribution in [3.63, 3.8) is 0 Å².